The van der Waals surface area contributed by atoms with Crippen LogP contribution in [0.2, 0.25) is 0 Å². The number of aromatic hydroxyl groups is 1. The fourth-order valence-electron chi connectivity index (χ4n) is 1.94. The number of carbonyl (C=O) groups excluding carboxylic acids is 1. The van der Waals surface area contributed by atoms with Crippen LogP contribution >= 0.6 is 0 Å². The second-order valence-corrected chi connectivity index (χ2v) is 4.15. The molecule has 1 aliphatic heterocycles. The molecule has 0 bridgehead atoms. The quantitative estimate of drug-likeness (QED) is 0.664. The summed E-state index contributed by atoms with van der Waals surface area (Å²) in [6, 6.07) is 5.84. The number of piperazine rings is 1. The Hall–Kier alpha value is -1.59. The number of hydrogen-bond donors (Lipinski definition) is 3. The van der Waals surface area contributed by atoms with Gasteiger partial charge in [0, 0.05) is 26.2 Å². The van der Waals surface area contributed by atoms with Crippen molar-refractivity contribution >= 4 is 5.91 Å². The number of nitrogens with one attached hydrogen (secondary N) is 1. The van der Waals surface area contributed by atoms with Crippen molar-refractivity contribution in [3.63, 3.8) is 0 Å². The van der Waals surface area contributed by atoms with E-state index < -0.39 is 6.04 Å². The fraction of sp³-hybridized carbons (Fsp3) is 0.417. The highest BCUT2D eigenvalue weighted by atomic mass is 16.3. The lowest BCUT2D eigenvalue weighted by molar-refractivity contribution is -0.133. The van der Waals surface area contributed by atoms with Gasteiger partial charge in [0.05, 0.1) is 0 Å². The van der Waals surface area contributed by atoms with Crippen LogP contribution in [0.3, 0.4) is 0 Å². The van der Waals surface area contributed by atoms with Gasteiger partial charge in [-0.3, -0.25) is 4.79 Å². The fourth-order valence-corrected chi connectivity index (χ4v) is 1.94. The molecular formula is C12H17N3O2. The largest absolute Gasteiger partial charge is 0.508 e. The summed E-state index contributed by atoms with van der Waals surface area (Å²) >= 11 is 0. The number of phenolic OH excluding ortho intramolecular Hbond substituents is 1. The van der Waals surface area contributed by atoms with Crippen LogP contribution in [0.5, 0.6) is 5.75 Å². The highest BCUT2D eigenvalue weighted by Crippen LogP contribution is 2.18. The molecule has 1 aliphatic rings. The first-order valence-corrected chi connectivity index (χ1v) is 5.72. The first kappa shape index (κ1) is 11.9. The molecular weight excluding hydrogens is 218 g/mol. The summed E-state index contributed by atoms with van der Waals surface area (Å²) in [6.45, 7) is 2.98. The maximum absolute atomic E-state index is 12.1. The Morgan fingerprint density at radius 3 is 2.76 bits per heavy atom. The van der Waals surface area contributed by atoms with Crippen molar-refractivity contribution in [2.75, 3.05) is 26.2 Å². The minimum atomic E-state index is -0.694. The molecule has 1 fully saturated rings. The minimum Gasteiger partial charge on any atom is -0.508 e. The highest BCUT2D eigenvalue weighted by Gasteiger charge is 2.23. The van der Waals surface area contributed by atoms with Gasteiger partial charge in [0.1, 0.15) is 11.8 Å². The molecule has 1 atom stereocenters. The van der Waals surface area contributed by atoms with Crippen molar-refractivity contribution in [2.45, 2.75) is 6.04 Å². The van der Waals surface area contributed by atoms with Crippen LogP contribution in [0, 0.1) is 0 Å². The zero-order valence-electron chi connectivity index (χ0n) is 9.60. The van der Waals surface area contributed by atoms with E-state index >= 15 is 0 Å². The van der Waals surface area contributed by atoms with E-state index in [1.807, 2.05) is 0 Å². The van der Waals surface area contributed by atoms with E-state index in [1.54, 1.807) is 23.1 Å². The van der Waals surface area contributed by atoms with E-state index in [1.165, 1.54) is 6.07 Å². The lowest BCUT2D eigenvalue weighted by Crippen LogP contribution is -2.49. The van der Waals surface area contributed by atoms with Gasteiger partial charge < -0.3 is 21.1 Å². The maximum Gasteiger partial charge on any atom is 0.244 e. The van der Waals surface area contributed by atoms with Crippen LogP contribution < -0.4 is 11.1 Å². The molecule has 5 heteroatoms. The molecule has 1 heterocycles. The number of nitrogens with zero attached hydrogens (tertiary/aromatic N) is 1. The molecule has 1 saturated heterocycles. The number of phenols is 1. The Bertz CT molecular complexity index is 402. The SMILES string of the molecule is NC(C(=O)N1CCNCC1)c1cccc(O)c1. The molecule has 92 valence electrons. The van der Waals surface area contributed by atoms with Gasteiger partial charge in [-0.15, -0.1) is 0 Å². The third-order valence-electron chi connectivity index (χ3n) is 2.92. The zero-order valence-corrected chi connectivity index (χ0v) is 9.60. The molecule has 0 aliphatic carbocycles. The first-order valence-electron chi connectivity index (χ1n) is 5.72. The number of benzene rings is 1. The van der Waals surface area contributed by atoms with Crippen molar-refractivity contribution in [3.8, 4) is 5.75 Å². The molecule has 0 radical (unpaired) electrons. The molecule has 2 rings (SSSR count). The van der Waals surface area contributed by atoms with Crippen molar-refractivity contribution in [3.05, 3.63) is 29.8 Å². The van der Waals surface area contributed by atoms with Crippen molar-refractivity contribution < 1.29 is 9.90 Å². The van der Waals surface area contributed by atoms with Gasteiger partial charge >= 0.3 is 0 Å². The maximum atomic E-state index is 12.1. The average molecular weight is 235 g/mol. The molecule has 4 N–H and O–H groups in total. The summed E-state index contributed by atoms with van der Waals surface area (Å²) < 4.78 is 0. The Labute approximate surface area is 100 Å². The van der Waals surface area contributed by atoms with Crippen LogP contribution in [0.1, 0.15) is 11.6 Å². The molecule has 17 heavy (non-hydrogen) atoms. The number of rotatable bonds is 2. The summed E-state index contributed by atoms with van der Waals surface area (Å²) in [4.78, 5) is 13.9. The van der Waals surface area contributed by atoms with Gasteiger partial charge in [-0.1, -0.05) is 12.1 Å². The van der Waals surface area contributed by atoms with Gasteiger partial charge in [-0.25, -0.2) is 0 Å². The Morgan fingerprint density at radius 1 is 1.41 bits per heavy atom. The smallest absolute Gasteiger partial charge is 0.244 e. The molecule has 0 spiro atoms. The highest BCUT2D eigenvalue weighted by molar-refractivity contribution is 5.83. The van der Waals surface area contributed by atoms with Crippen LogP contribution in [0.4, 0.5) is 0 Å². The summed E-state index contributed by atoms with van der Waals surface area (Å²) in [5.41, 5.74) is 6.56. The first-order chi connectivity index (χ1) is 8.18. The van der Waals surface area contributed by atoms with E-state index in [-0.39, 0.29) is 11.7 Å². The van der Waals surface area contributed by atoms with Crippen LogP contribution in [-0.2, 0) is 4.79 Å². The van der Waals surface area contributed by atoms with E-state index in [9.17, 15) is 9.90 Å². The van der Waals surface area contributed by atoms with Gasteiger partial charge in [0.15, 0.2) is 0 Å². The Kier molecular flexibility index (Phi) is 3.61. The summed E-state index contributed by atoms with van der Waals surface area (Å²) in [5.74, 6) is 0.0446. The molecule has 1 unspecified atom stereocenters. The molecule has 5 nitrogen and oxygen atoms in total. The number of hydrogen-bond acceptors (Lipinski definition) is 4. The second kappa shape index (κ2) is 5.16. The standard InChI is InChI=1S/C12H17N3O2/c13-11(9-2-1-3-10(16)8-9)12(17)15-6-4-14-5-7-15/h1-3,8,11,14,16H,4-7,13H2. The molecule has 1 amide bonds. The number of carbonyl (C=O) groups is 1. The van der Waals surface area contributed by atoms with Crippen LogP contribution in [0.15, 0.2) is 24.3 Å². The number of nitrogens with two attached hydrogens (primary N) is 1. The Morgan fingerprint density at radius 2 is 2.12 bits per heavy atom. The lowest BCUT2D eigenvalue weighted by atomic mass is 10.1. The minimum absolute atomic E-state index is 0.0860. The number of amides is 1. The molecule has 1 aromatic rings. The van der Waals surface area contributed by atoms with Crippen LogP contribution in [-0.4, -0.2) is 42.1 Å². The van der Waals surface area contributed by atoms with E-state index in [4.69, 9.17) is 5.73 Å². The normalized spacial score (nSPS) is 17.8. The monoisotopic (exact) mass is 235 g/mol. The van der Waals surface area contributed by atoms with Gasteiger partial charge in [0.25, 0.3) is 0 Å². The van der Waals surface area contributed by atoms with Crippen molar-refractivity contribution in [1.29, 1.82) is 0 Å². The second-order valence-electron chi connectivity index (χ2n) is 4.15. The lowest BCUT2D eigenvalue weighted by Gasteiger charge is -2.29. The van der Waals surface area contributed by atoms with E-state index in [0.717, 1.165) is 13.1 Å². The Balaban J connectivity index is 2.08. The average Bonchev–Trinajstić information content (AvgIpc) is 2.38. The third kappa shape index (κ3) is 2.75. The van der Waals surface area contributed by atoms with E-state index in [2.05, 4.69) is 5.32 Å². The summed E-state index contributed by atoms with van der Waals surface area (Å²) in [6.07, 6.45) is 0. The predicted molar refractivity (Wildman–Crippen MR) is 64.5 cm³/mol. The molecule has 1 aromatic carbocycles. The third-order valence-corrected chi connectivity index (χ3v) is 2.92. The van der Waals surface area contributed by atoms with E-state index in [0.29, 0.717) is 18.7 Å². The van der Waals surface area contributed by atoms with Gasteiger partial charge in [0.2, 0.25) is 5.91 Å². The van der Waals surface area contributed by atoms with Gasteiger partial charge in [-0.05, 0) is 17.7 Å². The van der Waals surface area contributed by atoms with Crippen molar-refractivity contribution in [2.24, 2.45) is 5.73 Å². The zero-order chi connectivity index (χ0) is 12.3. The van der Waals surface area contributed by atoms with Gasteiger partial charge in [-0.2, -0.15) is 0 Å². The predicted octanol–water partition coefficient (Wildman–Crippen LogP) is -0.176. The molecule has 0 aromatic heterocycles. The summed E-state index contributed by atoms with van der Waals surface area (Å²) in [5, 5.41) is 12.5. The topological polar surface area (TPSA) is 78.6 Å². The van der Waals surface area contributed by atoms with Crippen LogP contribution in [0.25, 0.3) is 0 Å². The van der Waals surface area contributed by atoms with Crippen molar-refractivity contribution in [1.82, 2.24) is 10.2 Å². The molecule has 0 saturated carbocycles. The summed E-state index contributed by atoms with van der Waals surface area (Å²) in [7, 11) is 0.